The predicted molar refractivity (Wildman–Crippen MR) is 67.0 cm³/mol. The molecule has 0 spiro atoms. The Labute approximate surface area is 102 Å². The summed E-state index contributed by atoms with van der Waals surface area (Å²) in [6.45, 7) is 0.736. The van der Waals surface area contributed by atoms with Crippen LogP contribution in [-0.4, -0.2) is 26.8 Å². The summed E-state index contributed by atoms with van der Waals surface area (Å²) in [5, 5.41) is 10.9. The number of fused-ring (bicyclic) bond motifs is 1. The minimum Gasteiger partial charge on any atom is -0.397 e. The Hall–Kier alpha value is -2.57. The first-order valence-electron chi connectivity index (χ1n) is 5.57. The van der Waals surface area contributed by atoms with E-state index in [1.165, 1.54) is 0 Å². The summed E-state index contributed by atoms with van der Waals surface area (Å²) in [5.74, 6) is 0.937. The highest BCUT2D eigenvalue weighted by molar-refractivity contribution is 5.94. The van der Waals surface area contributed by atoms with Crippen molar-refractivity contribution in [3.63, 3.8) is 0 Å². The van der Waals surface area contributed by atoms with Gasteiger partial charge in [0, 0.05) is 25.4 Å². The minimum absolute atomic E-state index is 0.558. The molecule has 18 heavy (non-hydrogen) atoms. The van der Waals surface area contributed by atoms with E-state index in [0.29, 0.717) is 16.7 Å². The van der Waals surface area contributed by atoms with Gasteiger partial charge in [-0.15, -0.1) is 0 Å². The standard InChI is InChI=1S/C11H12N6O/c12-7-1-2-8(11-10(7)16-18-17-11)13-4-3-9-14-5-6-15-9/h1-2,5-6,13H,3-4,12H2,(H,14,15). The van der Waals surface area contributed by atoms with Crippen molar-refractivity contribution in [3.8, 4) is 0 Å². The molecular formula is C11H12N6O. The molecule has 7 nitrogen and oxygen atoms in total. The fourth-order valence-electron chi connectivity index (χ4n) is 1.78. The van der Waals surface area contributed by atoms with Gasteiger partial charge in [0.2, 0.25) is 0 Å². The SMILES string of the molecule is Nc1ccc(NCCc2ncc[nH]2)c2nonc12. The van der Waals surface area contributed by atoms with E-state index >= 15 is 0 Å². The fourth-order valence-corrected chi connectivity index (χ4v) is 1.78. The second kappa shape index (κ2) is 4.36. The molecule has 0 saturated heterocycles. The van der Waals surface area contributed by atoms with E-state index in [4.69, 9.17) is 10.4 Å². The van der Waals surface area contributed by atoms with Crippen LogP contribution in [0, 0.1) is 0 Å². The Morgan fingerprint density at radius 1 is 1.28 bits per heavy atom. The predicted octanol–water partition coefficient (Wildman–Crippen LogP) is 1.18. The van der Waals surface area contributed by atoms with Gasteiger partial charge < -0.3 is 16.0 Å². The van der Waals surface area contributed by atoms with Crippen molar-refractivity contribution < 1.29 is 4.63 Å². The maximum absolute atomic E-state index is 5.77. The van der Waals surface area contributed by atoms with E-state index in [2.05, 4.69) is 25.6 Å². The zero-order chi connectivity index (χ0) is 12.4. The number of hydrogen-bond acceptors (Lipinski definition) is 6. The van der Waals surface area contributed by atoms with Crippen LogP contribution >= 0.6 is 0 Å². The maximum Gasteiger partial charge on any atom is 0.160 e. The van der Waals surface area contributed by atoms with Crippen LogP contribution in [0.25, 0.3) is 11.0 Å². The van der Waals surface area contributed by atoms with E-state index in [1.54, 1.807) is 18.5 Å². The smallest absolute Gasteiger partial charge is 0.160 e. The van der Waals surface area contributed by atoms with Gasteiger partial charge in [-0.2, -0.15) is 0 Å². The Kier molecular flexibility index (Phi) is 2.56. The highest BCUT2D eigenvalue weighted by Gasteiger charge is 2.09. The molecule has 92 valence electrons. The van der Waals surface area contributed by atoms with Gasteiger partial charge in [-0.1, -0.05) is 0 Å². The lowest BCUT2D eigenvalue weighted by Crippen LogP contribution is -2.06. The Morgan fingerprint density at radius 2 is 2.17 bits per heavy atom. The maximum atomic E-state index is 5.77. The van der Waals surface area contributed by atoms with E-state index < -0.39 is 0 Å². The van der Waals surface area contributed by atoms with Crippen molar-refractivity contribution in [1.82, 2.24) is 20.3 Å². The largest absolute Gasteiger partial charge is 0.397 e. The zero-order valence-corrected chi connectivity index (χ0v) is 9.55. The first-order chi connectivity index (χ1) is 8.84. The third-order valence-corrected chi connectivity index (χ3v) is 2.68. The zero-order valence-electron chi connectivity index (χ0n) is 9.55. The van der Waals surface area contributed by atoms with Crippen LogP contribution in [0.5, 0.6) is 0 Å². The molecule has 0 aliphatic carbocycles. The van der Waals surface area contributed by atoms with Crippen LogP contribution in [0.3, 0.4) is 0 Å². The topological polar surface area (TPSA) is 106 Å². The van der Waals surface area contributed by atoms with Gasteiger partial charge in [-0.25, -0.2) is 9.61 Å². The van der Waals surface area contributed by atoms with E-state index in [0.717, 1.165) is 24.5 Å². The van der Waals surface area contributed by atoms with E-state index in [-0.39, 0.29) is 0 Å². The number of nitrogens with one attached hydrogen (secondary N) is 2. The molecule has 0 amide bonds. The number of nitrogens with zero attached hydrogens (tertiary/aromatic N) is 3. The number of nitrogen functional groups attached to an aromatic ring is 1. The second-order valence-electron chi connectivity index (χ2n) is 3.88. The second-order valence-corrected chi connectivity index (χ2v) is 3.88. The lowest BCUT2D eigenvalue weighted by Gasteiger charge is -2.05. The molecule has 1 aromatic carbocycles. The number of nitrogens with two attached hydrogens (primary N) is 1. The monoisotopic (exact) mass is 244 g/mol. The van der Waals surface area contributed by atoms with Crippen LogP contribution in [0.15, 0.2) is 29.2 Å². The van der Waals surface area contributed by atoms with Crippen molar-refractivity contribution in [1.29, 1.82) is 0 Å². The van der Waals surface area contributed by atoms with Crippen LogP contribution in [-0.2, 0) is 6.42 Å². The summed E-state index contributed by atoms with van der Waals surface area (Å²) in [6, 6.07) is 3.64. The van der Waals surface area contributed by atoms with Crippen molar-refractivity contribution >= 4 is 22.4 Å². The van der Waals surface area contributed by atoms with Gasteiger partial charge in [-0.3, -0.25) is 0 Å². The lowest BCUT2D eigenvalue weighted by molar-refractivity contribution is 0.316. The van der Waals surface area contributed by atoms with Gasteiger partial charge in [0.1, 0.15) is 5.82 Å². The Balaban J connectivity index is 1.75. The first-order valence-corrected chi connectivity index (χ1v) is 5.57. The molecule has 4 N–H and O–H groups in total. The minimum atomic E-state index is 0.558. The molecule has 0 bridgehead atoms. The number of benzene rings is 1. The number of rotatable bonds is 4. The normalized spacial score (nSPS) is 10.9. The number of imidazole rings is 1. The molecular weight excluding hydrogens is 232 g/mol. The highest BCUT2D eigenvalue weighted by Crippen LogP contribution is 2.24. The molecule has 2 heterocycles. The summed E-state index contributed by atoms with van der Waals surface area (Å²) < 4.78 is 4.70. The molecule has 7 heteroatoms. The summed E-state index contributed by atoms with van der Waals surface area (Å²) in [5.41, 5.74) is 8.41. The average Bonchev–Trinajstić information content (AvgIpc) is 3.02. The van der Waals surface area contributed by atoms with Gasteiger partial charge in [0.05, 0.1) is 11.4 Å². The summed E-state index contributed by atoms with van der Waals surface area (Å²) >= 11 is 0. The summed E-state index contributed by atoms with van der Waals surface area (Å²) in [7, 11) is 0. The molecule has 0 aliphatic heterocycles. The van der Waals surface area contributed by atoms with Crippen molar-refractivity contribution in [2.45, 2.75) is 6.42 Å². The van der Waals surface area contributed by atoms with Gasteiger partial charge >= 0.3 is 0 Å². The molecule has 0 unspecified atom stereocenters. The summed E-state index contributed by atoms with van der Waals surface area (Å²) in [6.07, 6.45) is 4.33. The highest BCUT2D eigenvalue weighted by atomic mass is 16.6. The van der Waals surface area contributed by atoms with Gasteiger partial charge in [0.15, 0.2) is 11.0 Å². The number of aromatic nitrogens is 4. The Morgan fingerprint density at radius 3 is 3.00 bits per heavy atom. The van der Waals surface area contributed by atoms with Crippen LogP contribution < -0.4 is 11.1 Å². The van der Waals surface area contributed by atoms with Gasteiger partial charge in [0.25, 0.3) is 0 Å². The van der Waals surface area contributed by atoms with Gasteiger partial charge in [-0.05, 0) is 22.4 Å². The third kappa shape index (κ3) is 1.86. The molecule has 2 aromatic heterocycles. The molecule has 0 radical (unpaired) electrons. The van der Waals surface area contributed by atoms with E-state index in [9.17, 15) is 0 Å². The van der Waals surface area contributed by atoms with Crippen LogP contribution in [0.1, 0.15) is 5.82 Å². The van der Waals surface area contributed by atoms with Crippen molar-refractivity contribution in [2.24, 2.45) is 0 Å². The molecule has 0 aliphatic rings. The molecule has 0 fully saturated rings. The van der Waals surface area contributed by atoms with Crippen molar-refractivity contribution in [2.75, 3.05) is 17.6 Å². The lowest BCUT2D eigenvalue weighted by atomic mass is 10.2. The summed E-state index contributed by atoms with van der Waals surface area (Å²) in [4.78, 5) is 7.20. The van der Waals surface area contributed by atoms with Crippen molar-refractivity contribution in [3.05, 3.63) is 30.4 Å². The Bertz CT molecular complexity index is 645. The number of H-pyrrole nitrogens is 1. The third-order valence-electron chi connectivity index (χ3n) is 2.68. The van der Waals surface area contributed by atoms with Crippen LogP contribution in [0.4, 0.5) is 11.4 Å². The molecule has 3 aromatic rings. The first kappa shape index (κ1) is 10.6. The molecule has 0 saturated carbocycles. The average molecular weight is 244 g/mol. The molecule has 0 atom stereocenters. The number of anilines is 2. The van der Waals surface area contributed by atoms with E-state index in [1.807, 2.05) is 6.07 Å². The fraction of sp³-hybridized carbons (Fsp3) is 0.182. The number of hydrogen-bond donors (Lipinski definition) is 3. The number of aromatic amines is 1. The quantitative estimate of drug-likeness (QED) is 0.595. The van der Waals surface area contributed by atoms with Crippen LogP contribution in [0.2, 0.25) is 0 Å². The molecule has 3 rings (SSSR count).